The van der Waals surface area contributed by atoms with Crippen molar-refractivity contribution in [1.82, 2.24) is 4.90 Å². The van der Waals surface area contributed by atoms with Crippen LogP contribution in [-0.4, -0.2) is 24.2 Å². The average molecular weight is 357 g/mol. The van der Waals surface area contributed by atoms with Crippen LogP contribution >= 0.6 is 11.6 Å². The quantitative estimate of drug-likeness (QED) is 0.735. The highest BCUT2D eigenvalue weighted by Crippen LogP contribution is 2.49. The van der Waals surface area contributed by atoms with Crippen LogP contribution in [0.5, 0.6) is 0 Å². The molecule has 1 atom stereocenters. The molecule has 0 bridgehead atoms. The Morgan fingerprint density at radius 3 is 2.62 bits per heavy atom. The van der Waals surface area contributed by atoms with Gasteiger partial charge in [0.15, 0.2) is 0 Å². The Labute approximate surface area is 143 Å². The molecule has 1 heterocycles. The fourth-order valence-electron chi connectivity index (χ4n) is 2.82. The average Bonchev–Trinajstić information content (AvgIpc) is 3.31. The molecule has 1 saturated carbocycles. The molecule has 3 nitrogen and oxygen atoms in total. The minimum atomic E-state index is -4.76. The molecular weight excluding hydrogens is 341 g/mol. The van der Waals surface area contributed by atoms with Gasteiger partial charge in [0.2, 0.25) is 5.54 Å². The summed E-state index contributed by atoms with van der Waals surface area (Å²) in [5.74, 6) is 5.02. The molecule has 128 valence electrons. The SMILES string of the molecule is CCc1cc2c(cc1Cl)C(C#CC1CC1)(C(F)(F)F)N(C)C(=O)N2. The molecular formula is C17H16ClF3N2O. The Kier molecular flexibility index (Phi) is 3.95. The standard InChI is InChI=1S/C17H16ClF3N2O/c1-3-11-8-14-12(9-13(11)18)16(17(19,20)21,7-6-10-4-5-10)23(2)15(24)22-14/h8-10H,3-5H2,1-2H3,(H,22,24). The van der Waals surface area contributed by atoms with E-state index in [2.05, 4.69) is 17.2 Å². The van der Waals surface area contributed by atoms with Crippen LogP contribution < -0.4 is 5.32 Å². The van der Waals surface area contributed by atoms with Crippen LogP contribution in [0.1, 0.15) is 30.9 Å². The van der Waals surface area contributed by atoms with E-state index in [0.29, 0.717) is 16.9 Å². The maximum Gasteiger partial charge on any atom is 0.427 e. The van der Waals surface area contributed by atoms with E-state index in [1.807, 2.05) is 6.92 Å². The van der Waals surface area contributed by atoms with Crippen LogP contribution in [0.3, 0.4) is 0 Å². The maximum absolute atomic E-state index is 14.1. The number of aryl methyl sites for hydroxylation is 1. The number of alkyl halides is 3. The van der Waals surface area contributed by atoms with Crippen molar-refractivity contribution in [1.29, 1.82) is 0 Å². The van der Waals surface area contributed by atoms with Crippen molar-refractivity contribution in [2.24, 2.45) is 5.92 Å². The van der Waals surface area contributed by atoms with E-state index in [1.165, 1.54) is 12.1 Å². The van der Waals surface area contributed by atoms with Gasteiger partial charge in [0.1, 0.15) is 0 Å². The number of carbonyl (C=O) groups is 1. The summed E-state index contributed by atoms with van der Waals surface area (Å²) in [5.41, 5.74) is -2.04. The summed E-state index contributed by atoms with van der Waals surface area (Å²) in [6.45, 7) is 1.84. The summed E-state index contributed by atoms with van der Waals surface area (Å²) in [7, 11) is 1.11. The molecule has 0 radical (unpaired) electrons. The summed E-state index contributed by atoms with van der Waals surface area (Å²) in [5, 5.41) is 2.74. The molecule has 1 aromatic rings. The molecule has 2 aliphatic rings. The molecule has 2 amide bonds. The zero-order chi connectivity index (χ0) is 17.7. The van der Waals surface area contributed by atoms with Crippen molar-refractivity contribution in [2.45, 2.75) is 37.9 Å². The van der Waals surface area contributed by atoms with E-state index in [0.717, 1.165) is 19.9 Å². The predicted octanol–water partition coefficient (Wildman–Crippen LogP) is 4.55. The van der Waals surface area contributed by atoms with Gasteiger partial charge < -0.3 is 5.32 Å². The van der Waals surface area contributed by atoms with Crippen molar-refractivity contribution in [3.8, 4) is 11.8 Å². The molecule has 0 saturated heterocycles. The number of hydrogen-bond donors (Lipinski definition) is 1. The van der Waals surface area contributed by atoms with Crippen LogP contribution in [0.2, 0.25) is 5.02 Å². The number of nitrogens with one attached hydrogen (secondary N) is 1. The zero-order valence-electron chi connectivity index (χ0n) is 13.2. The summed E-state index contributed by atoms with van der Waals surface area (Å²) in [6, 6.07) is 1.94. The van der Waals surface area contributed by atoms with E-state index in [-0.39, 0.29) is 22.2 Å². The van der Waals surface area contributed by atoms with Gasteiger partial charge in [0.05, 0.1) is 0 Å². The number of urea groups is 1. The van der Waals surface area contributed by atoms with Crippen molar-refractivity contribution in [3.63, 3.8) is 0 Å². The second kappa shape index (κ2) is 5.59. The lowest BCUT2D eigenvalue weighted by Crippen LogP contribution is -2.59. The fraction of sp³-hybridized carbons (Fsp3) is 0.471. The summed E-state index contributed by atoms with van der Waals surface area (Å²) < 4.78 is 42.3. The first-order valence-electron chi connectivity index (χ1n) is 7.68. The zero-order valence-corrected chi connectivity index (χ0v) is 14.0. The lowest BCUT2D eigenvalue weighted by atomic mass is 9.84. The second-order valence-electron chi connectivity index (χ2n) is 6.08. The van der Waals surface area contributed by atoms with Gasteiger partial charge in [-0.2, -0.15) is 13.2 Å². The molecule has 1 aliphatic heterocycles. The summed E-state index contributed by atoms with van der Waals surface area (Å²) in [6.07, 6.45) is -2.63. The van der Waals surface area contributed by atoms with Crippen molar-refractivity contribution < 1.29 is 18.0 Å². The Balaban J connectivity index is 2.29. The molecule has 1 fully saturated rings. The number of hydrogen-bond acceptors (Lipinski definition) is 1. The number of benzene rings is 1. The number of fused-ring (bicyclic) bond motifs is 1. The van der Waals surface area contributed by atoms with E-state index >= 15 is 0 Å². The number of nitrogens with zero attached hydrogens (tertiary/aromatic N) is 1. The lowest BCUT2D eigenvalue weighted by Gasteiger charge is -2.43. The van der Waals surface area contributed by atoms with Crippen molar-refractivity contribution in [2.75, 3.05) is 12.4 Å². The van der Waals surface area contributed by atoms with Gasteiger partial charge in [0.25, 0.3) is 0 Å². The Morgan fingerprint density at radius 1 is 1.42 bits per heavy atom. The third kappa shape index (κ3) is 2.51. The normalized spacial score (nSPS) is 23.2. The van der Waals surface area contributed by atoms with Gasteiger partial charge in [0, 0.05) is 29.2 Å². The van der Waals surface area contributed by atoms with Gasteiger partial charge in [-0.25, -0.2) is 4.79 Å². The highest BCUT2D eigenvalue weighted by molar-refractivity contribution is 6.31. The van der Waals surface area contributed by atoms with Gasteiger partial charge in [-0.3, -0.25) is 4.90 Å². The number of rotatable bonds is 1. The third-order valence-corrected chi connectivity index (χ3v) is 4.80. The monoisotopic (exact) mass is 356 g/mol. The van der Waals surface area contributed by atoms with Gasteiger partial charge in [-0.15, -0.1) is 0 Å². The number of anilines is 1. The Morgan fingerprint density at radius 2 is 2.08 bits per heavy atom. The van der Waals surface area contributed by atoms with E-state index in [9.17, 15) is 18.0 Å². The first kappa shape index (κ1) is 17.0. The molecule has 0 aromatic heterocycles. The van der Waals surface area contributed by atoms with E-state index in [1.54, 1.807) is 0 Å². The highest BCUT2D eigenvalue weighted by Gasteiger charge is 2.62. The van der Waals surface area contributed by atoms with Crippen LogP contribution in [0, 0.1) is 17.8 Å². The minimum Gasteiger partial charge on any atom is -0.307 e. The molecule has 1 unspecified atom stereocenters. The topological polar surface area (TPSA) is 32.3 Å². The number of carbonyl (C=O) groups excluding carboxylic acids is 1. The molecule has 1 N–H and O–H groups in total. The molecule has 1 aromatic carbocycles. The molecule has 3 rings (SSSR count). The van der Waals surface area contributed by atoms with Gasteiger partial charge in [-0.1, -0.05) is 30.4 Å². The third-order valence-electron chi connectivity index (χ3n) is 4.45. The first-order valence-corrected chi connectivity index (χ1v) is 8.05. The molecule has 7 heteroatoms. The van der Waals surface area contributed by atoms with Crippen LogP contribution in [0.15, 0.2) is 12.1 Å². The molecule has 24 heavy (non-hydrogen) atoms. The number of halogens is 4. The lowest BCUT2D eigenvalue weighted by molar-refractivity contribution is -0.203. The predicted molar refractivity (Wildman–Crippen MR) is 85.8 cm³/mol. The number of amides is 2. The smallest absolute Gasteiger partial charge is 0.307 e. The van der Waals surface area contributed by atoms with E-state index < -0.39 is 17.7 Å². The highest BCUT2D eigenvalue weighted by atomic mass is 35.5. The summed E-state index contributed by atoms with van der Waals surface area (Å²) in [4.78, 5) is 12.8. The van der Waals surface area contributed by atoms with Crippen LogP contribution in [0.25, 0.3) is 0 Å². The largest absolute Gasteiger partial charge is 0.427 e. The van der Waals surface area contributed by atoms with Crippen molar-refractivity contribution >= 4 is 23.3 Å². The summed E-state index contributed by atoms with van der Waals surface area (Å²) >= 11 is 6.15. The fourth-order valence-corrected chi connectivity index (χ4v) is 3.12. The van der Waals surface area contributed by atoms with Crippen LogP contribution in [0.4, 0.5) is 23.7 Å². The molecule has 0 spiro atoms. The van der Waals surface area contributed by atoms with Gasteiger partial charge >= 0.3 is 12.2 Å². The minimum absolute atomic E-state index is 0.0311. The van der Waals surface area contributed by atoms with Crippen LogP contribution in [-0.2, 0) is 12.0 Å². The first-order chi connectivity index (χ1) is 11.2. The van der Waals surface area contributed by atoms with E-state index in [4.69, 9.17) is 11.6 Å². The Hall–Kier alpha value is -1.87. The second-order valence-corrected chi connectivity index (χ2v) is 6.49. The van der Waals surface area contributed by atoms with Crippen molar-refractivity contribution in [3.05, 3.63) is 28.3 Å². The van der Waals surface area contributed by atoms with Gasteiger partial charge in [-0.05, 0) is 37.0 Å². The maximum atomic E-state index is 14.1. The Bertz CT molecular complexity index is 762. The molecule has 1 aliphatic carbocycles.